The Labute approximate surface area is 330 Å². The topological polar surface area (TPSA) is 16.4 Å². The maximum atomic E-state index is 9.73. The molecule has 1 aromatic heterocycles. The Bertz CT molecular complexity index is 3460. The maximum absolute atomic E-state index is 9.73. The van der Waals surface area contributed by atoms with Crippen LogP contribution in [0.5, 0.6) is 0 Å². The molecule has 0 bridgehead atoms. The van der Waals surface area contributed by atoms with Gasteiger partial charge in [0.2, 0.25) is 0 Å². The van der Waals surface area contributed by atoms with Crippen LogP contribution in [-0.4, -0.2) is 0 Å². The lowest BCUT2D eigenvalue weighted by molar-refractivity contribution is 0.674. The highest BCUT2D eigenvalue weighted by Gasteiger charge is 2.22. The van der Waals surface area contributed by atoms with Crippen LogP contribution in [0.15, 0.2) is 217 Å². The van der Waals surface area contributed by atoms with E-state index in [1.165, 1.54) is 0 Å². The summed E-state index contributed by atoms with van der Waals surface area (Å²) >= 11 is 0. The summed E-state index contributed by atoms with van der Waals surface area (Å²) in [6.07, 6.45) is 0. The Hall–Kier alpha value is -7.42. The lowest BCUT2D eigenvalue weighted by Crippen LogP contribution is -2.11. The monoisotopic (exact) mass is 717 g/mol. The molecule has 2 heteroatoms. The minimum Gasteiger partial charge on any atom is -0.455 e. The summed E-state index contributed by atoms with van der Waals surface area (Å²) in [5.41, 5.74) is 7.78. The van der Waals surface area contributed by atoms with Crippen LogP contribution < -0.4 is 4.90 Å². The van der Waals surface area contributed by atoms with Gasteiger partial charge in [-0.15, -0.1) is 0 Å². The first-order valence-corrected chi connectivity index (χ1v) is 18.9. The van der Waals surface area contributed by atoms with Gasteiger partial charge in [-0.25, -0.2) is 0 Å². The summed E-state index contributed by atoms with van der Waals surface area (Å²) < 4.78 is 45.4. The molecule has 11 rings (SSSR count). The van der Waals surface area contributed by atoms with E-state index in [4.69, 9.17) is 4.42 Å². The molecule has 0 radical (unpaired) electrons. The Kier molecular flexibility index (Phi) is 6.60. The molecule has 11 aromatic rings. The van der Waals surface area contributed by atoms with Crippen LogP contribution in [0.4, 0.5) is 17.1 Å². The van der Waals surface area contributed by atoms with Crippen molar-refractivity contribution >= 4 is 71.3 Å². The van der Waals surface area contributed by atoms with E-state index < -0.39 is 0 Å². The van der Waals surface area contributed by atoms with E-state index in [1.54, 1.807) is 0 Å². The molecule has 0 saturated heterocycles. The summed E-state index contributed by atoms with van der Waals surface area (Å²) in [6.45, 7) is 0. The second kappa shape index (κ2) is 13.2. The van der Waals surface area contributed by atoms with Gasteiger partial charge in [0.05, 0.1) is 16.9 Å². The van der Waals surface area contributed by atoms with Crippen molar-refractivity contribution in [1.82, 2.24) is 0 Å². The first-order chi connectivity index (χ1) is 29.5. The van der Waals surface area contributed by atoms with Crippen LogP contribution in [0.25, 0.3) is 87.6 Å². The zero-order valence-corrected chi connectivity index (χ0v) is 30.3. The molecule has 0 saturated carbocycles. The summed E-state index contributed by atoms with van der Waals surface area (Å²) in [5.74, 6) is 0. The minimum atomic E-state index is -0.139. The second-order valence-corrected chi connectivity index (χ2v) is 14.1. The van der Waals surface area contributed by atoms with Crippen molar-refractivity contribution in [2.24, 2.45) is 0 Å². The zero-order valence-electron chi connectivity index (χ0n) is 34.3. The molecule has 2 nitrogen and oxygen atoms in total. The van der Waals surface area contributed by atoms with Gasteiger partial charge in [-0.1, -0.05) is 182 Å². The number of hydrogen-bond acceptors (Lipinski definition) is 2. The third kappa shape index (κ3) is 5.26. The predicted octanol–water partition coefficient (Wildman–Crippen LogP) is 15.5. The molecule has 56 heavy (non-hydrogen) atoms. The Balaban J connectivity index is 1.12. The molecule has 0 fully saturated rings. The molecule has 0 aliphatic carbocycles. The van der Waals surface area contributed by atoms with Crippen LogP contribution in [-0.2, 0) is 0 Å². The number of fused-ring (bicyclic) bond motifs is 7. The van der Waals surface area contributed by atoms with Gasteiger partial charge in [0.25, 0.3) is 0 Å². The van der Waals surface area contributed by atoms with E-state index in [9.17, 15) is 5.48 Å². The van der Waals surface area contributed by atoms with Gasteiger partial charge in [-0.3, -0.25) is 0 Å². The lowest BCUT2D eigenvalue weighted by atomic mass is 9.96. The summed E-state index contributed by atoms with van der Waals surface area (Å²) in [6, 6.07) is 62.5. The van der Waals surface area contributed by atoms with Crippen molar-refractivity contribution in [3.63, 3.8) is 0 Å². The SMILES string of the molecule is [2H]c1c([2H])c(N(c2ccccc2-c2cccc3c2oc2c4ccccc4ccc32)c2cccc3ccccc23)c([2H])c([2H])c1-c1ccc(-c2cccc3ccccc23)cc1. The number of para-hydroxylation sites is 2. The van der Waals surface area contributed by atoms with Crippen LogP contribution in [0.3, 0.4) is 0 Å². The van der Waals surface area contributed by atoms with Crippen LogP contribution in [0.1, 0.15) is 5.48 Å². The molecular formula is C54H35NO. The van der Waals surface area contributed by atoms with Gasteiger partial charge in [-0.05, 0) is 74.1 Å². The molecule has 262 valence electrons. The van der Waals surface area contributed by atoms with E-state index in [0.717, 1.165) is 82.2 Å². The fourth-order valence-electron chi connectivity index (χ4n) is 8.26. The smallest absolute Gasteiger partial charge is 0.143 e. The number of hydrogen-bond donors (Lipinski definition) is 0. The van der Waals surface area contributed by atoms with Crippen LogP contribution >= 0.6 is 0 Å². The maximum Gasteiger partial charge on any atom is 0.143 e. The van der Waals surface area contributed by atoms with E-state index in [1.807, 2.05) is 138 Å². The molecular weight excluding hydrogens is 679 g/mol. The molecule has 0 spiro atoms. The van der Waals surface area contributed by atoms with Crippen LogP contribution in [0, 0.1) is 0 Å². The number of nitrogens with zero attached hydrogens (tertiary/aromatic N) is 1. The van der Waals surface area contributed by atoms with Gasteiger partial charge in [0.15, 0.2) is 0 Å². The average Bonchev–Trinajstić information content (AvgIpc) is 3.70. The fourth-order valence-corrected chi connectivity index (χ4v) is 8.26. The first kappa shape index (κ1) is 28.1. The molecule has 0 aliphatic rings. The van der Waals surface area contributed by atoms with Gasteiger partial charge < -0.3 is 9.32 Å². The Morgan fingerprint density at radius 2 is 0.839 bits per heavy atom. The van der Waals surface area contributed by atoms with E-state index >= 15 is 0 Å². The number of furan rings is 1. The predicted molar refractivity (Wildman–Crippen MR) is 237 cm³/mol. The Morgan fingerprint density at radius 3 is 1.64 bits per heavy atom. The van der Waals surface area contributed by atoms with E-state index in [0.29, 0.717) is 11.3 Å². The van der Waals surface area contributed by atoms with Gasteiger partial charge >= 0.3 is 0 Å². The largest absolute Gasteiger partial charge is 0.455 e. The summed E-state index contributed by atoms with van der Waals surface area (Å²) in [7, 11) is 0. The molecule has 0 unspecified atom stereocenters. The Morgan fingerprint density at radius 1 is 0.321 bits per heavy atom. The lowest BCUT2D eigenvalue weighted by Gasteiger charge is -2.29. The van der Waals surface area contributed by atoms with Gasteiger partial charge in [0, 0.05) is 38.4 Å². The van der Waals surface area contributed by atoms with Crippen molar-refractivity contribution < 1.29 is 9.90 Å². The number of anilines is 3. The van der Waals surface area contributed by atoms with Gasteiger partial charge in [-0.2, -0.15) is 0 Å². The van der Waals surface area contributed by atoms with Crippen molar-refractivity contribution in [3.8, 4) is 33.4 Å². The van der Waals surface area contributed by atoms with E-state index in [2.05, 4.69) is 54.6 Å². The minimum absolute atomic E-state index is 0.113. The normalized spacial score (nSPS) is 12.6. The number of rotatable bonds is 6. The number of benzene rings is 10. The van der Waals surface area contributed by atoms with Crippen LogP contribution in [0.2, 0.25) is 0 Å². The molecule has 10 aromatic carbocycles. The van der Waals surface area contributed by atoms with Crippen molar-refractivity contribution in [1.29, 1.82) is 0 Å². The van der Waals surface area contributed by atoms with E-state index in [-0.39, 0.29) is 35.4 Å². The zero-order chi connectivity index (χ0) is 40.5. The van der Waals surface area contributed by atoms with Crippen molar-refractivity contribution in [3.05, 3.63) is 212 Å². The standard InChI is InChI=1S/C54H35NO/c1-4-17-43-38(12-1)15-9-21-44(43)41-28-26-36(27-29-41)37-30-33-42(34-31-37)55(51-25-10-16-39-13-2-5-18-45(39)51)52-24-8-7-20-47(52)48-22-11-23-49-50-35-32-40-14-3-6-19-46(40)53(50)56-54(48)49/h1-35H/i30D,31D,33D,34D. The quantitative estimate of drug-likeness (QED) is 0.170. The average molecular weight is 718 g/mol. The summed E-state index contributed by atoms with van der Waals surface area (Å²) in [5, 5.41) is 8.33. The highest BCUT2D eigenvalue weighted by Crippen LogP contribution is 2.46. The van der Waals surface area contributed by atoms with Gasteiger partial charge in [0.1, 0.15) is 11.2 Å². The first-order valence-electron chi connectivity index (χ1n) is 20.9. The fraction of sp³-hybridized carbons (Fsp3) is 0. The summed E-state index contributed by atoms with van der Waals surface area (Å²) in [4.78, 5) is 1.91. The molecule has 0 amide bonds. The van der Waals surface area contributed by atoms with Crippen molar-refractivity contribution in [2.45, 2.75) is 0 Å². The second-order valence-electron chi connectivity index (χ2n) is 14.1. The highest BCUT2D eigenvalue weighted by molar-refractivity contribution is 6.18. The highest BCUT2D eigenvalue weighted by atomic mass is 16.3. The molecule has 1 heterocycles. The molecule has 0 atom stereocenters. The van der Waals surface area contributed by atoms with Crippen molar-refractivity contribution in [2.75, 3.05) is 4.90 Å². The third-order valence-electron chi connectivity index (χ3n) is 10.9. The molecule has 0 N–H and O–H groups in total. The third-order valence-corrected chi connectivity index (χ3v) is 10.9. The molecule has 0 aliphatic heterocycles.